The normalized spacial score (nSPS) is 15.5. The van der Waals surface area contributed by atoms with Crippen molar-refractivity contribution in [2.24, 2.45) is 0 Å². The number of para-hydroxylation sites is 1. The van der Waals surface area contributed by atoms with Gasteiger partial charge in [0.25, 0.3) is 11.8 Å². The minimum absolute atomic E-state index is 0.201. The van der Waals surface area contributed by atoms with E-state index in [4.69, 9.17) is 27.9 Å². The number of imide groups is 1. The Morgan fingerprint density at radius 2 is 1.78 bits per heavy atom. The zero-order chi connectivity index (χ0) is 20.2. The van der Waals surface area contributed by atoms with E-state index in [0.29, 0.717) is 12.8 Å². The summed E-state index contributed by atoms with van der Waals surface area (Å²) in [6.45, 7) is 2.35. The Labute approximate surface area is 166 Å². The van der Waals surface area contributed by atoms with Gasteiger partial charge in [0, 0.05) is 0 Å². The van der Waals surface area contributed by atoms with Crippen molar-refractivity contribution < 1.29 is 23.9 Å². The van der Waals surface area contributed by atoms with Crippen LogP contribution < -0.4 is 10.6 Å². The molecule has 27 heavy (non-hydrogen) atoms. The van der Waals surface area contributed by atoms with E-state index in [9.17, 15) is 19.2 Å². The van der Waals surface area contributed by atoms with E-state index >= 15 is 0 Å². The molecule has 0 saturated carbocycles. The first-order valence-corrected chi connectivity index (χ1v) is 9.03. The van der Waals surface area contributed by atoms with Gasteiger partial charge in [-0.15, -0.1) is 0 Å². The molecule has 0 aromatic heterocycles. The van der Waals surface area contributed by atoms with Crippen molar-refractivity contribution >= 4 is 52.7 Å². The summed E-state index contributed by atoms with van der Waals surface area (Å²) in [5, 5.41) is 5.51. The van der Waals surface area contributed by atoms with E-state index in [1.807, 2.05) is 0 Å². The standard InChI is InChI=1S/C17H19Cl2N3O5/c1-3-17(4-2)15(25)22(16(26)21-17)8-13(24)27-9-12(23)20-14-10(18)6-5-7-11(14)19/h5-7H,3-4,8-9H2,1-2H3,(H,20,23)(H,21,26). The summed E-state index contributed by atoms with van der Waals surface area (Å²) >= 11 is 11.9. The zero-order valence-electron chi connectivity index (χ0n) is 14.8. The Morgan fingerprint density at radius 3 is 2.30 bits per heavy atom. The smallest absolute Gasteiger partial charge is 0.326 e. The highest BCUT2D eigenvalue weighted by molar-refractivity contribution is 6.39. The molecule has 1 aliphatic rings. The Bertz CT molecular complexity index is 760. The van der Waals surface area contributed by atoms with Crippen molar-refractivity contribution in [1.82, 2.24) is 10.2 Å². The molecule has 146 valence electrons. The zero-order valence-corrected chi connectivity index (χ0v) is 16.3. The van der Waals surface area contributed by atoms with E-state index in [2.05, 4.69) is 10.6 Å². The molecule has 1 fully saturated rings. The van der Waals surface area contributed by atoms with Gasteiger partial charge in [0.2, 0.25) is 0 Å². The molecule has 10 heteroatoms. The summed E-state index contributed by atoms with van der Waals surface area (Å²) in [6, 6.07) is 4.04. The number of benzene rings is 1. The second-order valence-corrected chi connectivity index (χ2v) is 6.73. The first-order chi connectivity index (χ1) is 12.7. The van der Waals surface area contributed by atoms with Gasteiger partial charge < -0.3 is 15.4 Å². The number of hydrogen-bond donors (Lipinski definition) is 2. The molecule has 0 spiro atoms. The number of carbonyl (C=O) groups is 4. The predicted octanol–water partition coefficient (Wildman–Crippen LogP) is 2.59. The number of ether oxygens (including phenoxy) is 1. The van der Waals surface area contributed by atoms with E-state index < -0.39 is 42.5 Å². The number of nitrogens with one attached hydrogen (secondary N) is 2. The van der Waals surface area contributed by atoms with Gasteiger partial charge in [-0.3, -0.25) is 19.3 Å². The second-order valence-electron chi connectivity index (χ2n) is 5.92. The first-order valence-electron chi connectivity index (χ1n) is 8.27. The van der Waals surface area contributed by atoms with Crippen molar-refractivity contribution in [3.63, 3.8) is 0 Å². The molecule has 1 aromatic carbocycles. The minimum atomic E-state index is -1.00. The average molecular weight is 416 g/mol. The van der Waals surface area contributed by atoms with Crippen molar-refractivity contribution in [3.05, 3.63) is 28.2 Å². The molecule has 0 radical (unpaired) electrons. The number of amides is 4. The van der Waals surface area contributed by atoms with Crippen molar-refractivity contribution in [1.29, 1.82) is 0 Å². The molecular formula is C17H19Cl2N3O5. The van der Waals surface area contributed by atoms with Gasteiger partial charge in [-0.1, -0.05) is 43.1 Å². The molecule has 8 nitrogen and oxygen atoms in total. The number of hydrogen-bond acceptors (Lipinski definition) is 5. The number of rotatable bonds is 7. The SMILES string of the molecule is CCC1(CC)NC(=O)N(CC(=O)OCC(=O)Nc2c(Cl)cccc2Cl)C1=O. The molecule has 1 aliphatic heterocycles. The van der Waals surface area contributed by atoms with Crippen LogP contribution in [0.4, 0.5) is 10.5 Å². The lowest BCUT2D eigenvalue weighted by Gasteiger charge is -2.22. The Kier molecular flexibility index (Phi) is 6.67. The largest absolute Gasteiger partial charge is 0.454 e. The van der Waals surface area contributed by atoms with Crippen LogP contribution in [0.15, 0.2) is 18.2 Å². The van der Waals surface area contributed by atoms with Crippen LogP contribution in [0.5, 0.6) is 0 Å². The topological polar surface area (TPSA) is 105 Å². The Hall–Kier alpha value is -2.32. The number of nitrogens with zero attached hydrogens (tertiary/aromatic N) is 1. The molecule has 1 aromatic rings. The first kappa shape index (κ1) is 21.0. The molecule has 1 heterocycles. The maximum Gasteiger partial charge on any atom is 0.326 e. The molecule has 0 aliphatic carbocycles. The number of anilines is 1. The lowest BCUT2D eigenvalue weighted by atomic mass is 9.93. The maximum atomic E-state index is 12.4. The number of urea groups is 1. The van der Waals surface area contributed by atoms with E-state index in [-0.39, 0.29) is 15.7 Å². The van der Waals surface area contributed by atoms with Crippen LogP contribution in [-0.2, 0) is 19.1 Å². The fourth-order valence-electron chi connectivity index (χ4n) is 2.66. The van der Waals surface area contributed by atoms with Crippen LogP contribution in [-0.4, -0.2) is 47.4 Å². The lowest BCUT2D eigenvalue weighted by Crippen LogP contribution is -2.46. The van der Waals surface area contributed by atoms with Crippen molar-refractivity contribution in [2.75, 3.05) is 18.5 Å². The van der Waals surface area contributed by atoms with Gasteiger partial charge in [-0.2, -0.15) is 0 Å². The molecule has 4 amide bonds. The third-order valence-corrected chi connectivity index (χ3v) is 4.96. The second kappa shape index (κ2) is 8.58. The van der Waals surface area contributed by atoms with Crippen LogP contribution in [0.1, 0.15) is 26.7 Å². The highest BCUT2D eigenvalue weighted by Crippen LogP contribution is 2.29. The summed E-state index contributed by atoms with van der Waals surface area (Å²) in [7, 11) is 0. The molecular weight excluding hydrogens is 397 g/mol. The number of halogens is 2. The molecule has 0 bridgehead atoms. The molecule has 0 atom stereocenters. The van der Waals surface area contributed by atoms with Crippen LogP contribution in [0.3, 0.4) is 0 Å². The van der Waals surface area contributed by atoms with Crippen molar-refractivity contribution in [2.45, 2.75) is 32.2 Å². The molecule has 2 rings (SSSR count). The van der Waals surface area contributed by atoms with Gasteiger partial charge in [-0.25, -0.2) is 4.79 Å². The molecule has 0 unspecified atom stereocenters. The summed E-state index contributed by atoms with van der Waals surface area (Å²) < 4.78 is 4.84. The van der Waals surface area contributed by atoms with E-state index in [1.165, 1.54) is 0 Å². The number of esters is 1. The fourth-order valence-corrected chi connectivity index (χ4v) is 3.15. The third-order valence-electron chi connectivity index (χ3n) is 4.33. The quantitative estimate of drug-likeness (QED) is 0.525. The van der Waals surface area contributed by atoms with Gasteiger partial charge in [0.05, 0.1) is 15.7 Å². The summed E-state index contributed by atoms with van der Waals surface area (Å²) in [6.07, 6.45) is 0.807. The maximum absolute atomic E-state index is 12.4. The Morgan fingerprint density at radius 1 is 1.19 bits per heavy atom. The van der Waals surface area contributed by atoms with Crippen LogP contribution in [0.2, 0.25) is 10.0 Å². The lowest BCUT2D eigenvalue weighted by molar-refractivity contribution is -0.150. The van der Waals surface area contributed by atoms with Crippen LogP contribution in [0.25, 0.3) is 0 Å². The van der Waals surface area contributed by atoms with E-state index in [1.54, 1.807) is 32.0 Å². The molecule has 2 N–H and O–H groups in total. The van der Waals surface area contributed by atoms with Gasteiger partial charge >= 0.3 is 12.0 Å². The Balaban J connectivity index is 1.90. The summed E-state index contributed by atoms with van der Waals surface area (Å²) in [5.74, 6) is -2.03. The molecule has 1 saturated heterocycles. The monoisotopic (exact) mass is 415 g/mol. The van der Waals surface area contributed by atoms with E-state index in [0.717, 1.165) is 4.90 Å². The average Bonchev–Trinajstić information content (AvgIpc) is 2.88. The third kappa shape index (κ3) is 4.51. The number of carbonyl (C=O) groups excluding carboxylic acids is 4. The highest BCUT2D eigenvalue weighted by Gasteiger charge is 2.49. The van der Waals surface area contributed by atoms with Gasteiger partial charge in [0.1, 0.15) is 12.1 Å². The van der Waals surface area contributed by atoms with Crippen LogP contribution >= 0.6 is 23.2 Å². The predicted molar refractivity (Wildman–Crippen MR) is 99.6 cm³/mol. The summed E-state index contributed by atoms with van der Waals surface area (Å²) in [5.41, 5.74) is -0.804. The summed E-state index contributed by atoms with van der Waals surface area (Å²) in [4.78, 5) is 49.0. The highest BCUT2D eigenvalue weighted by atomic mass is 35.5. The van der Waals surface area contributed by atoms with Gasteiger partial charge in [0.15, 0.2) is 6.61 Å². The minimum Gasteiger partial charge on any atom is -0.454 e. The van der Waals surface area contributed by atoms with Gasteiger partial charge in [-0.05, 0) is 25.0 Å². The van der Waals surface area contributed by atoms with Crippen molar-refractivity contribution in [3.8, 4) is 0 Å². The fraction of sp³-hybridized carbons (Fsp3) is 0.412. The van der Waals surface area contributed by atoms with Crippen LogP contribution in [0, 0.1) is 0 Å².